The Morgan fingerprint density at radius 1 is 1.20 bits per heavy atom. The molecule has 0 aromatic heterocycles. The van der Waals surface area contributed by atoms with Crippen LogP contribution < -0.4 is 0 Å². The van der Waals surface area contributed by atoms with Gasteiger partial charge in [-0.3, -0.25) is 4.57 Å². The first-order chi connectivity index (χ1) is 6.73. The molecule has 0 radical (unpaired) electrons. The van der Waals surface area contributed by atoms with E-state index in [9.17, 15) is 4.57 Å². The fourth-order valence-corrected chi connectivity index (χ4v) is 4.93. The third-order valence-electron chi connectivity index (χ3n) is 3.26. The normalized spacial score (nSPS) is 33.3. The molecule has 0 bridgehead atoms. The van der Waals surface area contributed by atoms with Gasteiger partial charge in [-0.25, -0.2) is 0 Å². The van der Waals surface area contributed by atoms with Crippen molar-refractivity contribution in [1.82, 2.24) is 0 Å². The number of rotatable bonds is 2. The molecule has 1 fully saturated rings. The summed E-state index contributed by atoms with van der Waals surface area (Å²) < 4.78 is 17.9. The standard InChI is InChI=1S/C12H25O2P/c1-10(2)14-15(13)8-6-11(7-9-15)12(3,4)5/h10-11H,6-9H2,1-5H3. The van der Waals surface area contributed by atoms with E-state index >= 15 is 0 Å². The zero-order valence-electron chi connectivity index (χ0n) is 10.7. The third-order valence-corrected chi connectivity index (χ3v) is 5.95. The van der Waals surface area contributed by atoms with Gasteiger partial charge in [-0.05, 0) is 38.0 Å². The molecule has 1 aliphatic rings. The lowest BCUT2D eigenvalue weighted by Gasteiger charge is -2.37. The zero-order valence-corrected chi connectivity index (χ0v) is 11.6. The van der Waals surface area contributed by atoms with E-state index in [4.69, 9.17) is 4.52 Å². The van der Waals surface area contributed by atoms with E-state index in [1.807, 2.05) is 13.8 Å². The summed E-state index contributed by atoms with van der Waals surface area (Å²) in [6, 6.07) is 0. The molecule has 1 rings (SSSR count). The Balaban J connectivity index is 2.52. The quantitative estimate of drug-likeness (QED) is 0.669. The van der Waals surface area contributed by atoms with Crippen molar-refractivity contribution in [2.24, 2.45) is 11.3 Å². The van der Waals surface area contributed by atoms with Crippen molar-refractivity contribution in [2.75, 3.05) is 12.3 Å². The number of hydrogen-bond acceptors (Lipinski definition) is 2. The van der Waals surface area contributed by atoms with Crippen LogP contribution in [-0.4, -0.2) is 18.4 Å². The van der Waals surface area contributed by atoms with Gasteiger partial charge in [0.15, 0.2) is 0 Å². The molecule has 1 heterocycles. The van der Waals surface area contributed by atoms with Crippen molar-refractivity contribution in [3.8, 4) is 0 Å². The first-order valence-electron chi connectivity index (χ1n) is 5.99. The van der Waals surface area contributed by atoms with E-state index in [1.54, 1.807) is 0 Å². The van der Waals surface area contributed by atoms with Gasteiger partial charge < -0.3 is 4.52 Å². The molecule has 0 amide bonds. The van der Waals surface area contributed by atoms with E-state index in [-0.39, 0.29) is 6.10 Å². The van der Waals surface area contributed by atoms with Gasteiger partial charge in [0.2, 0.25) is 7.37 Å². The predicted octanol–water partition coefficient (Wildman–Crippen LogP) is 4.15. The Bertz CT molecular complexity index is 241. The van der Waals surface area contributed by atoms with Gasteiger partial charge in [-0.2, -0.15) is 0 Å². The van der Waals surface area contributed by atoms with E-state index in [0.29, 0.717) is 11.3 Å². The highest BCUT2D eigenvalue weighted by molar-refractivity contribution is 7.59. The molecule has 0 unspecified atom stereocenters. The van der Waals surface area contributed by atoms with Gasteiger partial charge in [0.1, 0.15) is 0 Å². The maximum Gasteiger partial charge on any atom is 0.203 e. The van der Waals surface area contributed by atoms with Crippen molar-refractivity contribution < 1.29 is 9.09 Å². The fourth-order valence-electron chi connectivity index (χ4n) is 2.32. The molecule has 0 aliphatic carbocycles. The summed E-state index contributed by atoms with van der Waals surface area (Å²) in [5.41, 5.74) is 0.350. The van der Waals surface area contributed by atoms with Crippen LogP contribution in [0.4, 0.5) is 0 Å². The molecule has 0 spiro atoms. The van der Waals surface area contributed by atoms with Gasteiger partial charge in [-0.15, -0.1) is 0 Å². The average Bonchev–Trinajstić information content (AvgIpc) is 2.00. The van der Waals surface area contributed by atoms with E-state index < -0.39 is 7.37 Å². The summed E-state index contributed by atoms with van der Waals surface area (Å²) in [4.78, 5) is 0. The van der Waals surface area contributed by atoms with Crippen LogP contribution in [0.5, 0.6) is 0 Å². The van der Waals surface area contributed by atoms with Crippen LogP contribution in [0, 0.1) is 11.3 Å². The second-order valence-electron chi connectivity index (χ2n) is 6.06. The Kier molecular flexibility index (Phi) is 4.06. The summed E-state index contributed by atoms with van der Waals surface area (Å²) in [6.07, 6.45) is 3.79. The maximum atomic E-state index is 12.3. The molecule has 0 N–H and O–H groups in total. The molecule has 0 atom stereocenters. The van der Waals surface area contributed by atoms with Crippen LogP contribution in [0.3, 0.4) is 0 Å². The number of hydrogen-bond donors (Lipinski definition) is 0. The van der Waals surface area contributed by atoms with Crippen molar-refractivity contribution in [3.63, 3.8) is 0 Å². The highest BCUT2D eigenvalue weighted by Gasteiger charge is 2.36. The minimum atomic E-state index is -2.28. The molecule has 0 aromatic carbocycles. The molecule has 0 aromatic rings. The molecule has 1 aliphatic heterocycles. The first-order valence-corrected chi connectivity index (χ1v) is 7.99. The topological polar surface area (TPSA) is 26.3 Å². The van der Waals surface area contributed by atoms with E-state index in [0.717, 1.165) is 25.2 Å². The predicted molar refractivity (Wildman–Crippen MR) is 65.7 cm³/mol. The first kappa shape index (κ1) is 13.3. The SMILES string of the molecule is CC(C)OP1(=O)CCC(C(C)(C)C)CC1. The van der Waals surface area contributed by atoms with E-state index in [1.165, 1.54) is 0 Å². The Hall–Kier alpha value is 0.190. The average molecular weight is 232 g/mol. The highest BCUT2D eigenvalue weighted by Crippen LogP contribution is 2.55. The summed E-state index contributed by atoms with van der Waals surface area (Å²) in [5, 5.41) is 0. The molecule has 90 valence electrons. The summed E-state index contributed by atoms with van der Waals surface area (Å²) >= 11 is 0. The van der Waals surface area contributed by atoms with Gasteiger partial charge in [0, 0.05) is 12.3 Å². The lowest BCUT2D eigenvalue weighted by atomic mass is 9.77. The summed E-state index contributed by atoms with van der Waals surface area (Å²) in [6.45, 7) is 10.8. The van der Waals surface area contributed by atoms with Gasteiger partial charge in [0.05, 0.1) is 6.10 Å². The van der Waals surface area contributed by atoms with Crippen molar-refractivity contribution >= 4 is 7.37 Å². The van der Waals surface area contributed by atoms with Crippen LogP contribution in [0.2, 0.25) is 0 Å². The van der Waals surface area contributed by atoms with Crippen LogP contribution >= 0.6 is 7.37 Å². The van der Waals surface area contributed by atoms with Crippen molar-refractivity contribution in [2.45, 2.75) is 53.6 Å². The van der Waals surface area contributed by atoms with Crippen LogP contribution in [0.1, 0.15) is 47.5 Å². The minimum Gasteiger partial charge on any atom is -0.326 e. The van der Waals surface area contributed by atoms with Crippen LogP contribution in [-0.2, 0) is 9.09 Å². The van der Waals surface area contributed by atoms with Gasteiger partial charge in [0.25, 0.3) is 0 Å². The smallest absolute Gasteiger partial charge is 0.203 e. The Labute approximate surface area is 94.2 Å². The molecular weight excluding hydrogens is 207 g/mol. The second-order valence-corrected chi connectivity index (χ2v) is 8.79. The lowest BCUT2D eigenvalue weighted by Crippen LogP contribution is -2.27. The zero-order chi connectivity index (χ0) is 11.7. The largest absolute Gasteiger partial charge is 0.326 e. The monoisotopic (exact) mass is 232 g/mol. The van der Waals surface area contributed by atoms with Gasteiger partial charge in [-0.1, -0.05) is 20.8 Å². The molecule has 0 saturated carbocycles. The van der Waals surface area contributed by atoms with Crippen molar-refractivity contribution in [3.05, 3.63) is 0 Å². The highest BCUT2D eigenvalue weighted by atomic mass is 31.2. The minimum absolute atomic E-state index is 0.0991. The Morgan fingerprint density at radius 2 is 1.67 bits per heavy atom. The molecule has 3 heteroatoms. The maximum absolute atomic E-state index is 12.3. The second kappa shape index (κ2) is 4.59. The Morgan fingerprint density at radius 3 is 2.00 bits per heavy atom. The molecular formula is C12H25O2P. The third kappa shape index (κ3) is 3.92. The summed E-state index contributed by atoms with van der Waals surface area (Å²) in [7, 11) is -2.28. The fraction of sp³-hybridized carbons (Fsp3) is 1.00. The molecule has 15 heavy (non-hydrogen) atoms. The van der Waals surface area contributed by atoms with Crippen LogP contribution in [0.15, 0.2) is 0 Å². The summed E-state index contributed by atoms with van der Waals surface area (Å²) in [5.74, 6) is 0.704. The van der Waals surface area contributed by atoms with E-state index in [2.05, 4.69) is 20.8 Å². The van der Waals surface area contributed by atoms with Gasteiger partial charge >= 0.3 is 0 Å². The lowest BCUT2D eigenvalue weighted by molar-refractivity contribution is 0.197. The van der Waals surface area contributed by atoms with Crippen LogP contribution in [0.25, 0.3) is 0 Å². The molecule has 1 saturated heterocycles. The van der Waals surface area contributed by atoms with Crippen molar-refractivity contribution in [1.29, 1.82) is 0 Å². The molecule has 2 nitrogen and oxygen atoms in total.